The quantitative estimate of drug-likeness (QED) is 0.862. The minimum absolute atomic E-state index is 0.129. The summed E-state index contributed by atoms with van der Waals surface area (Å²) >= 11 is 0. The molecule has 1 amide bonds. The monoisotopic (exact) mass is 258 g/mol. The number of benzene rings is 1. The zero-order valence-corrected chi connectivity index (χ0v) is 11.0. The summed E-state index contributed by atoms with van der Waals surface area (Å²) in [5.41, 5.74) is 8.39. The van der Waals surface area contributed by atoms with Gasteiger partial charge in [0.25, 0.3) is 5.91 Å². The topological polar surface area (TPSA) is 68.3 Å². The van der Waals surface area contributed by atoms with Gasteiger partial charge in [-0.15, -0.1) is 0 Å². The van der Waals surface area contributed by atoms with Gasteiger partial charge >= 0.3 is 0 Å². The molecule has 0 unspecified atom stereocenters. The summed E-state index contributed by atoms with van der Waals surface area (Å²) in [5, 5.41) is 2.86. The van der Waals surface area contributed by atoms with Crippen LogP contribution in [-0.2, 0) is 13.0 Å². The van der Waals surface area contributed by atoms with Crippen LogP contribution in [0.15, 0.2) is 41.0 Å². The van der Waals surface area contributed by atoms with E-state index < -0.39 is 0 Å². The van der Waals surface area contributed by atoms with Crippen LogP contribution in [0.1, 0.15) is 27.2 Å². The van der Waals surface area contributed by atoms with E-state index in [1.54, 1.807) is 6.07 Å². The first kappa shape index (κ1) is 13.4. The van der Waals surface area contributed by atoms with Crippen LogP contribution in [0.25, 0.3) is 0 Å². The summed E-state index contributed by atoms with van der Waals surface area (Å²) in [6, 6.07) is 9.93. The van der Waals surface area contributed by atoms with Crippen molar-refractivity contribution in [3.8, 4) is 0 Å². The zero-order valence-electron chi connectivity index (χ0n) is 11.0. The van der Waals surface area contributed by atoms with Crippen molar-refractivity contribution >= 4 is 5.91 Å². The van der Waals surface area contributed by atoms with E-state index >= 15 is 0 Å². The molecule has 0 fully saturated rings. The van der Waals surface area contributed by atoms with Gasteiger partial charge in [0.1, 0.15) is 12.0 Å². The van der Waals surface area contributed by atoms with E-state index in [-0.39, 0.29) is 5.91 Å². The van der Waals surface area contributed by atoms with Crippen LogP contribution in [0.5, 0.6) is 0 Å². The van der Waals surface area contributed by atoms with E-state index in [0.717, 1.165) is 6.42 Å². The van der Waals surface area contributed by atoms with Gasteiger partial charge in [-0.1, -0.05) is 29.8 Å². The van der Waals surface area contributed by atoms with Crippen LogP contribution in [0.4, 0.5) is 0 Å². The Morgan fingerprint density at radius 2 is 2.21 bits per heavy atom. The molecule has 0 radical (unpaired) electrons. The predicted octanol–water partition coefficient (Wildman–Crippen LogP) is 2.02. The summed E-state index contributed by atoms with van der Waals surface area (Å²) in [6.07, 6.45) is 2.25. The van der Waals surface area contributed by atoms with Gasteiger partial charge in [0, 0.05) is 6.54 Å². The Morgan fingerprint density at radius 3 is 2.89 bits per heavy atom. The third-order valence-electron chi connectivity index (χ3n) is 2.90. The lowest BCUT2D eigenvalue weighted by Gasteiger charge is -2.04. The highest BCUT2D eigenvalue weighted by Gasteiger charge is 2.08. The van der Waals surface area contributed by atoms with E-state index in [4.69, 9.17) is 10.2 Å². The second-order valence-corrected chi connectivity index (χ2v) is 4.50. The van der Waals surface area contributed by atoms with Gasteiger partial charge in [0.2, 0.25) is 0 Å². The third kappa shape index (κ3) is 3.69. The number of carbonyl (C=O) groups excluding carboxylic acids is 1. The largest absolute Gasteiger partial charge is 0.467 e. The molecule has 0 aliphatic carbocycles. The standard InChI is InChI=1S/C15H18N2O2/c1-11-3-2-4-12(7-11)5-6-17-15(18)13-8-14(9-16)19-10-13/h2-4,7-8,10H,5-6,9,16H2,1H3,(H,17,18). The van der Waals surface area contributed by atoms with Gasteiger partial charge < -0.3 is 15.5 Å². The predicted molar refractivity (Wildman–Crippen MR) is 73.8 cm³/mol. The van der Waals surface area contributed by atoms with Crippen LogP contribution >= 0.6 is 0 Å². The molecule has 0 spiro atoms. The maximum atomic E-state index is 11.8. The smallest absolute Gasteiger partial charge is 0.254 e. The molecular formula is C15H18N2O2. The molecule has 1 aromatic heterocycles. The molecule has 0 atom stereocenters. The van der Waals surface area contributed by atoms with Crippen LogP contribution in [0.2, 0.25) is 0 Å². The number of nitrogens with one attached hydrogen (secondary N) is 1. The van der Waals surface area contributed by atoms with Crippen LogP contribution in [0.3, 0.4) is 0 Å². The van der Waals surface area contributed by atoms with Gasteiger partial charge in [0.05, 0.1) is 12.1 Å². The van der Waals surface area contributed by atoms with Gasteiger partial charge in [-0.3, -0.25) is 4.79 Å². The van der Waals surface area contributed by atoms with Gasteiger partial charge in [-0.2, -0.15) is 0 Å². The number of amides is 1. The molecule has 0 bridgehead atoms. The minimum Gasteiger partial charge on any atom is -0.467 e. The average Bonchev–Trinajstić information content (AvgIpc) is 2.87. The van der Waals surface area contributed by atoms with E-state index in [9.17, 15) is 4.79 Å². The number of rotatable bonds is 5. The second-order valence-electron chi connectivity index (χ2n) is 4.50. The van der Waals surface area contributed by atoms with E-state index in [0.29, 0.717) is 24.4 Å². The molecule has 0 saturated heterocycles. The van der Waals surface area contributed by atoms with Gasteiger partial charge in [-0.25, -0.2) is 0 Å². The van der Waals surface area contributed by atoms with E-state index in [1.807, 2.05) is 6.07 Å². The number of carbonyl (C=O) groups is 1. The number of hydrogen-bond acceptors (Lipinski definition) is 3. The number of hydrogen-bond donors (Lipinski definition) is 2. The maximum Gasteiger partial charge on any atom is 0.254 e. The van der Waals surface area contributed by atoms with Crippen molar-refractivity contribution in [2.45, 2.75) is 19.9 Å². The Bertz CT molecular complexity index is 561. The highest BCUT2D eigenvalue weighted by molar-refractivity contribution is 5.93. The maximum absolute atomic E-state index is 11.8. The first-order valence-corrected chi connectivity index (χ1v) is 6.30. The normalized spacial score (nSPS) is 10.4. The summed E-state index contributed by atoms with van der Waals surface area (Å²) in [6.45, 7) is 2.96. The molecule has 2 rings (SSSR count). The molecule has 1 heterocycles. The van der Waals surface area contributed by atoms with Crippen LogP contribution in [-0.4, -0.2) is 12.5 Å². The molecule has 0 aliphatic heterocycles. The Labute approximate surface area is 112 Å². The third-order valence-corrected chi connectivity index (χ3v) is 2.90. The molecule has 4 nitrogen and oxygen atoms in total. The van der Waals surface area contributed by atoms with Gasteiger partial charge in [0.15, 0.2) is 0 Å². The summed E-state index contributed by atoms with van der Waals surface area (Å²) < 4.78 is 5.13. The summed E-state index contributed by atoms with van der Waals surface area (Å²) in [5.74, 6) is 0.486. The highest BCUT2D eigenvalue weighted by atomic mass is 16.3. The highest BCUT2D eigenvalue weighted by Crippen LogP contribution is 2.07. The second kappa shape index (κ2) is 6.20. The van der Waals surface area contributed by atoms with Crippen molar-refractivity contribution in [1.82, 2.24) is 5.32 Å². The number of nitrogens with two attached hydrogens (primary N) is 1. The molecular weight excluding hydrogens is 240 g/mol. The Balaban J connectivity index is 1.84. The minimum atomic E-state index is -0.129. The molecule has 2 aromatic rings. The molecule has 19 heavy (non-hydrogen) atoms. The fourth-order valence-corrected chi connectivity index (χ4v) is 1.90. The molecule has 0 saturated carbocycles. The summed E-state index contributed by atoms with van der Waals surface area (Å²) in [4.78, 5) is 11.8. The lowest BCUT2D eigenvalue weighted by atomic mass is 10.1. The Morgan fingerprint density at radius 1 is 1.37 bits per heavy atom. The van der Waals surface area contributed by atoms with E-state index in [2.05, 4.69) is 30.4 Å². The number of aryl methyl sites for hydroxylation is 1. The molecule has 4 heteroatoms. The van der Waals surface area contributed by atoms with Crippen LogP contribution < -0.4 is 11.1 Å². The Kier molecular flexibility index (Phi) is 4.36. The fourth-order valence-electron chi connectivity index (χ4n) is 1.90. The molecule has 1 aromatic carbocycles. The zero-order chi connectivity index (χ0) is 13.7. The first-order chi connectivity index (χ1) is 9.19. The number of furan rings is 1. The molecule has 3 N–H and O–H groups in total. The van der Waals surface area contributed by atoms with Crippen molar-refractivity contribution < 1.29 is 9.21 Å². The fraction of sp³-hybridized carbons (Fsp3) is 0.267. The molecule has 100 valence electrons. The van der Waals surface area contributed by atoms with E-state index in [1.165, 1.54) is 17.4 Å². The van der Waals surface area contributed by atoms with Crippen molar-refractivity contribution in [2.24, 2.45) is 5.73 Å². The SMILES string of the molecule is Cc1cccc(CCNC(=O)c2coc(CN)c2)c1. The van der Waals surface area contributed by atoms with Crippen LogP contribution in [0, 0.1) is 6.92 Å². The lowest BCUT2D eigenvalue weighted by Crippen LogP contribution is -2.25. The average molecular weight is 258 g/mol. The van der Waals surface area contributed by atoms with Crippen molar-refractivity contribution in [3.63, 3.8) is 0 Å². The molecule has 0 aliphatic rings. The van der Waals surface area contributed by atoms with Crippen molar-refractivity contribution in [1.29, 1.82) is 0 Å². The van der Waals surface area contributed by atoms with Crippen molar-refractivity contribution in [3.05, 3.63) is 59.0 Å². The van der Waals surface area contributed by atoms with Gasteiger partial charge in [-0.05, 0) is 25.0 Å². The lowest BCUT2D eigenvalue weighted by molar-refractivity contribution is 0.0953. The van der Waals surface area contributed by atoms with Crippen molar-refractivity contribution in [2.75, 3.05) is 6.54 Å². The Hall–Kier alpha value is -2.07. The first-order valence-electron chi connectivity index (χ1n) is 6.30. The summed E-state index contributed by atoms with van der Waals surface area (Å²) in [7, 11) is 0.